The van der Waals surface area contributed by atoms with Crippen LogP contribution in [0.3, 0.4) is 0 Å². The summed E-state index contributed by atoms with van der Waals surface area (Å²) in [6, 6.07) is 14.5. The van der Waals surface area contributed by atoms with Crippen molar-refractivity contribution in [3.63, 3.8) is 0 Å². The van der Waals surface area contributed by atoms with Crippen LogP contribution in [0, 0.1) is 6.92 Å². The minimum Gasteiger partial charge on any atom is -0.358 e. The molecule has 0 saturated carbocycles. The average Bonchev–Trinajstić information content (AvgIpc) is 2.91. The lowest BCUT2D eigenvalue weighted by molar-refractivity contribution is -0.140. The molecule has 0 fully saturated rings. The highest BCUT2D eigenvalue weighted by Crippen LogP contribution is 2.51. The highest BCUT2D eigenvalue weighted by atomic mass is 16.5. The second-order valence-corrected chi connectivity index (χ2v) is 6.56. The fraction of sp³-hybridized carbons (Fsp3) is 0.409. The molecule has 0 saturated heterocycles. The van der Waals surface area contributed by atoms with Gasteiger partial charge in [0.15, 0.2) is 11.4 Å². The van der Waals surface area contributed by atoms with Crippen LogP contribution in [0.2, 0.25) is 0 Å². The van der Waals surface area contributed by atoms with Crippen molar-refractivity contribution in [1.82, 2.24) is 0 Å². The summed E-state index contributed by atoms with van der Waals surface area (Å²) in [5, 5.41) is 0. The number of benzene rings is 2. The molecular formula is C22H26O2. The number of hydrogen-bond acceptors (Lipinski definition) is 2. The normalized spacial score (nSPS) is 18.3. The van der Waals surface area contributed by atoms with E-state index in [1.807, 2.05) is 19.1 Å². The molecule has 1 unspecified atom stereocenters. The molecule has 1 aliphatic carbocycles. The largest absolute Gasteiger partial charge is 0.358 e. The van der Waals surface area contributed by atoms with E-state index in [2.05, 4.69) is 44.2 Å². The zero-order valence-corrected chi connectivity index (χ0v) is 14.9. The van der Waals surface area contributed by atoms with Gasteiger partial charge in [-0.2, -0.15) is 0 Å². The average molecular weight is 322 g/mol. The molecule has 3 rings (SSSR count). The Kier molecular flexibility index (Phi) is 4.86. The third-order valence-electron chi connectivity index (χ3n) is 5.00. The van der Waals surface area contributed by atoms with Gasteiger partial charge >= 0.3 is 0 Å². The van der Waals surface area contributed by atoms with Crippen LogP contribution < -0.4 is 0 Å². The highest BCUT2D eigenvalue weighted by Gasteiger charge is 2.49. The topological polar surface area (TPSA) is 26.3 Å². The Morgan fingerprint density at radius 2 is 1.75 bits per heavy atom. The first-order valence-electron chi connectivity index (χ1n) is 9.04. The molecule has 2 aromatic carbocycles. The zero-order chi connectivity index (χ0) is 17.2. The molecule has 0 bridgehead atoms. The molecule has 2 heteroatoms. The van der Waals surface area contributed by atoms with Crippen molar-refractivity contribution >= 4 is 5.78 Å². The first kappa shape index (κ1) is 16.9. The Morgan fingerprint density at radius 1 is 1.00 bits per heavy atom. The van der Waals surface area contributed by atoms with Gasteiger partial charge in [-0.15, -0.1) is 0 Å². The maximum Gasteiger partial charge on any atom is 0.177 e. The molecule has 0 spiro atoms. The second-order valence-electron chi connectivity index (χ2n) is 6.56. The summed E-state index contributed by atoms with van der Waals surface area (Å²) in [6.07, 6.45) is 3.72. The maximum atomic E-state index is 13.2. The van der Waals surface area contributed by atoms with E-state index in [1.165, 1.54) is 0 Å². The fourth-order valence-electron chi connectivity index (χ4n) is 3.87. The van der Waals surface area contributed by atoms with Crippen molar-refractivity contribution in [3.05, 3.63) is 59.2 Å². The Balaban J connectivity index is 2.18. The number of carbonyl (C=O) groups is 1. The molecule has 0 amide bonds. The Bertz CT molecular complexity index is 747. The number of rotatable bonds is 7. The van der Waals surface area contributed by atoms with E-state index >= 15 is 0 Å². The van der Waals surface area contributed by atoms with Crippen molar-refractivity contribution in [2.75, 3.05) is 6.61 Å². The highest BCUT2D eigenvalue weighted by molar-refractivity contribution is 6.00. The van der Waals surface area contributed by atoms with E-state index < -0.39 is 5.60 Å². The third kappa shape index (κ3) is 2.50. The van der Waals surface area contributed by atoms with Gasteiger partial charge in [0.05, 0.1) is 0 Å². The number of ketones is 1. The van der Waals surface area contributed by atoms with Crippen LogP contribution in [-0.2, 0) is 15.1 Å². The Morgan fingerprint density at radius 3 is 2.50 bits per heavy atom. The van der Waals surface area contributed by atoms with Crippen molar-refractivity contribution in [3.8, 4) is 11.1 Å². The zero-order valence-electron chi connectivity index (χ0n) is 14.9. The number of ether oxygens (including phenoxy) is 1. The maximum absolute atomic E-state index is 13.2. The summed E-state index contributed by atoms with van der Waals surface area (Å²) in [5.74, 6) is 0.152. The minimum atomic E-state index is -0.931. The SMILES string of the molecule is CCCCCOC1(C(=O)CC)c2ccccc2-c2cccc(C)c21. The van der Waals surface area contributed by atoms with E-state index in [9.17, 15) is 4.79 Å². The van der Waals surface area contributed by atoms with E-state index in [0.717, 1.165) is 47.1 Å². The van der Waals surface area contributed by atoms with Crippen LogP contribution >= 0.6 is 0 Å². The van der Waals surface area contributed by atoms with Crippen LogP contribution in [0.15, 0.2) is 42.5 Å². The monoisotopic (exact) mass is 322 g/mol. The van der Waals surface area contributed by atoms with Gasteiger partial charge in [0, 0.05) is 24.2 Å². The number of fused-ring (bicyclic) bond motifs is 3. The predicted octanol–water partition coefficient (Wildman–Crippen LogP) is 5.40. The molecule has 1 atom stereocenters. The lowest BCUT2D eigenvalue weighted by atomic mass is 9.83. The standard InChI is InChI=1S/C22H26O2/c1-4-6-9-15-24-22(20(23)5-2)19-14-8-7-12-17(19)18-13-10-11-16(3)21(18)22/h7-8,10-14H,4-6,9,15H2,1-3H3. The first-order valence-corrected chi connectivity index (χ1v) is 9.04. The predicted molar refractivity (Wildman–Crippen MR) is 98.2 cm³/mol. The minimum absolute atomic E-state index is 0.152. The van der Waals surface area contributed by atoms with E-state index in [1.54, 1.807) is 0 Å². The smallest absolute Gasteiger partial charge is 0.177 e. The summed E-state index contributed by atoms with van der Waals surface area (Å²) < 4.78 is 6.43. The molecule has 2 nitrogen and oxygen atoms in total. The Labute approximate surface area is 144 Å². The van der Waals surface area contributed by atoms with Crippen molar-refractivity contribution in [2.45, 2.75) is 52.1 Å². The lowest BCUT2D eigenvalue weighted by Gasteiger charge is -2.31. The number of hydrogen-bond donors (Lipinski definition) is 0. The van der Waals surface area contributed by atoms with Crippen LogP contribution in [0.25, 0.3) is 11.1 Å². The van der Waals surface area contributed by atoms with Crippen LogP contribution in [0.5, 0.6) is 0 Å². The van der Waals surface area contributed by atoms with Crippen molar-refractivity contribution in [2.24, 2.45) is 0 Å². The number of aryl methyl sites for hydroxylation is 1. The summed E-state index contributed by atoms with van der Waals surface area (Å²) in [7, 11) is 0. The van der Waals surface area contributed by atoms with Gasteiger partial charge in [-0.05, 0) is 30.0 Å². The fourth-order valence-corrected chi connectivity index (χ4v) is 3.87. The van der Waals surface area contributed by atoms with Crippen molar-refractivity contribution < 1.29 is 9.53 Å². The quantitative estimate of drug-likeness (QED) is 0.638. The number of Topliss-reactive ketones (excluding diaryl/α,β-unsaturated/α-hetero) is 1. The number of carbonyl (C=O) groups excluding carboxylic acids is 1. The van der Waals surface area contributed by atoms with Gasteiger partial charge in [0.2, 0.25) is 0 Å². The molecule has 24 heavy (non-hydrogen) atoms. The van der Waals surface area contributed by atoms with Crippen LogP contribution in [0.4, 0.5) is 0 Å². The Hall–Kier alpha value is -1.93. The molecule has 0 heterocycles. The molecule has 0 N–H and O–H groups in total. The molecule has 0 aromatic heterocycles. The molecule has 0 aliphatic heterocycles. The van der Waals surface area contributed by atoms with Gasteiger partial charge in [0.25, 0.3) is 0 Å². The molecule has 2 aromatic rings. The summed E-state index contributed by atoms with van der Waals surface area (Å²) in [5.41, 5.74) is 4.53. The lowest BCUT2D eigenvalue weighted by Crippen LogP contribution is -2.39. The first-order chi connectivity index (χ1) is 11.7. The van der Waals surface area contributed by atoms with Gasteiger partial charge in [-0.3, -0.25) is 4.79 Å². The molecule has 126 valence electrons. The number of unbranched alkanes of at least 4 members (excludes halogenated alkanes) is 2. The van der Waals surface area contributed by atoms with Gasteiger partial charge < -0.3 is 4.74 Å². The summed E-state index contributed by atoms with van der Waals surface area (Å²) in [4.78, 5) is 13.2. The third-order valence-corrected chi connectivity index (χ3v) is 5.00. The van der Waals surface area contributed by atoms with Gasteiger partial charge in [-0.1, -0.05) is 69.2 Å². The van der Waals surface area contributed by atoms with Crippen LogP contribution in [0.1, 0.15) is 56.2 Å². The van der Waals surface area contributed by atoms with Crippen LogP contribution in [-0.4, -0.2) is 12.4 Å². The molecule has 1 aliphatic rings. The second kappa shape index (κ2) is 6.90. The molecule has 0 radical (unpaired) electrons. The van der Waals surface area contributed by atoms with Crippen molar-refractivity contribution in [1.29, 1.82) is 0 Å². The summed E-state index contributed by atoms with van der Waals surface area (Å²) >= 11 is 0. The van der Waals surface area contributed by atoms with E-state index in [4.69, 9.17) is 4.74 Å². The summed E-state index contributed by atoms with van der Waals surface area (Å²) in [6.45, 7) is 6.80. The van der Waals surface area contributed by atoms with Gasteiger partial charge in [-0.25, -0.2) is 0 Å². The molecular weight excluding hydrogens is 296 g/mol. The van der Waals surface area contributed by atoms with E-state index in [0.29, 0.717) is 13.0 Å². The van der Waals surface area contributed by atoms with E-state index in [-0.39, 0.29) is 5.78 Å². The van der Waals surface area contributed by atoms with Gasteiger partial charge in [0.1, 0.15) is 0 Å².